The van der Waals surface area contributed by atoms with Gasteiger partial charge in [0.15, 0.2) is 0 Å². The molecule has 2 heterocycles. The summed E-state index contributed by atoms with van der Waals surface area (Å²) in [5.74, 6) is 0.504. The molecule has 1 atom stereocenters. The summed E-state index contributed by atoms with van der Waals surface area (Å²) in [6.07, 6.45) is 4.07. The molecule has 0 radical (unpaired) electrons. The van der Waals surface area contributed by atoms with E-state index < -0.39 is 12.0 Å². The summed E-state index contributed by atoms with van der Waals surface area (Å²) in [5, 5.41) is 0. The van der Waals surface area contributed by atoms with Crippen LogP contribution in [0.5, 0.6) is 0 Å². The summed E-state index contributed by atoms with van der Waals surface area (Å²) in [5.41, 5.74) is 6.40. The summed E-state index contributed by atoms with van der Waals surface area (Å²) in [6, 6.07) is 2.99. The summed E-state index contributed by atoms with van der Waals surface area (Å²) in [7, 11) is 1.33. The average molecular weight is 235 g/mol. The minimum atomic E-state index is -0.750. The van der Waals surface area contributed by atoms with Gasteiger partial charge in [0.1, 0.15) is 11.9 Å². The van der Waals surface area contributed by atoms with Crippen LogP contribution >= 0.6 is 0 Å². The zero-order valence-electron chi connectivity index (χ0n) is 9.93. The Bertz CT molecular complexity index is 385. The van der Waals surface area contributed by atoms with Crippen LogP contribution in [0.2, 0.25) is 0 Å². The summed E-state index contributed by atoms with van der Waals surface area (Å²) >= 11 is 0. The van der Waals surface area contributed by atoms with E-state index >= 15 is 0 Å². The molecule has 5 heteroatoms. The number of anilines is 1. The highest BCUT2D eigenvalue weighted by Crippen LogP contribution is 2.19. The van der Waals surface area contributed by atoms with Crippen molar-refractivity contribution in [2.75, 3.05) is 25.1 Å². The van der Waals surface area contributed by atoms with Gasteiger partial charge in [-0.2, -0.15) is 0 Å². The van der Waals surface area contributed by atoms with Crippen LogP contribution in [0.3, 0.4) is 0 Å². The number of ether oxygens (including phenoxy) is 1. The molecule has 1 aliphatic rings. The van der Waals surface area contributed by atoms with Gasteiger partial charge in [0.2, 0.25) is 0 Å². The molecule has 1 aromatic heterocycles. The lowest BCUT2D eigenvalue weighted by Crippen LogP contribution is -2.23. The number of hydrogen-bond donors (Lipinski definition) is 1. The Balaban J connectivity index is 2.09. The molecule has 2 N–H and O–H groups in total. The second-order valence-corrected chi connectivity index (χ2v) is 4.14. The minimum Gasteiger partial charge on any atom is -0.468 e. The zero-order chi connectivity index (χ0) is 12.3. The number of rotatable bonds is 3. The number of aromatic nitrogens is 1. The van der Waals surface area contributed by atoms with Crippen LogP contribution in [0.25, 0.3) is 0 Å². The van der Waals surface area contributed by atoms with Gasteiger partial charge in [0.05, 0.1) is 7.11 Å². The molecule has 0 bridgehead atoms. The highest BCUT2D eigenvalue weighted by molar-refractivity contribution is 5.77. The number of esters is 1. The lowest BCUT2D eigenvalue weighted by atomic mass is 10.1. The number of carbonyl (C=O) groups excluding carboxylic acids is 1. The van der Waals surface area contributed by atoms with Gasteiger partial charge in [0.25, 0.3) is 0 Å². The van der Waals surface area contributed by atoms with Crippen molar-refractivity contribution in [3.8, 4) is 0 Å². The van der Waals surface area contributed by atoms with Crippen LogP contribution in [0.4, 0.5) is 5.82 Å². The molecule has 0 saturated carbocycles. The first-order valence-corrected chi connectivity index (χ1v) is 5.76. The molecule has 92 valence electrons. The molecule has 0 aliphatic carbocycles. The molecule has 1 aliphatic heterocycles. The molecule has 5 nitrogen and oxygen atoms in total. The lowest BCUT2D eigenvalue weighted by molar-refractivity contribution is -0.142. The van der Waals surface area contributed by atoms with Gasteiger partial charge in [0, 0.05) is 19.3 Å². The maximum Gasteiger partial charge on any atom is 0.327 e. The number of pyridine rings is 1. The van der Waals surface area contributed by atoms with Crippen molar-refractivity contribution >= 4 is 11.8 Å². The molecule has 0 amide bonds. The first kappa shape index (κ1) is 11.9. The Kier molecular flexibility index (Phi) is 3.58. The van der Waals surface area contributed by atoms with Crippen LogP contribution in [-0.2, 0) is 9.53 Å². The molecule has 17 heavy (non-hydrogen) atoms. The predicted molar refractivity (Wildman–Crippen MR) is 64.6 cm³/mol. The fraction of sp³-hybridized carbons (Fsp3) is 0.500. The van der Waals surface area contributed by atoms with E-state index in [1.807, 2.05) is 12.1 Å². The van der Waals surface area contributed by atoms with E-state index in [2.05, 4.69) is 14.6 Å². The van der Waals surface area contributed by atoms with Gasteiger partial charge < -0.3 is 15.4 Å². The monoisotopic (exact) mass is 235 g/mol. The minimum absolute atomic E-state index is 0.444. The van der Waals surface area contributed by atoms with Crippen molar-refractivity contribution in [2.24, 2.45) is 5.73 Å². The Morgan fingerprint density at radius 2 is 2.18 bits per heavy atom. The number of carbonyl (C=O) groups is 1. The first-order valence-electron chi connectivity index (χ1n) is 5.76. The topological polar surface area (TPSA) is 68.5 Å². The summed E-state index contributed by atoms with van der Waals surface area (Å²) in [4.78, 5) is 17.8. The number of hydrogen-bond acceptors (Lipinski definition) is 5. The van der Waals surface area contributed by atoms with Crippen LogP contribution in [0.15, 0.2) is 18.3 Å². The molecule has 1 unspecified atom stereocenters. The molecule has 1 saturated heterocycles. The molecule has 0 spiro atoms. The van der Waals surface area contributed by atoms with Crippen LogP contribution in [-0.4, -0.2) is 31.2 Å². The Morgan fingerprint density at radius 1 is 1.47 bits per heavy atom. The third-order valence-electron chi connectivity index (χ3n) is 3.02. The second-order valence-electron chi connectivity index (χ2n) is 4.14. The standard InChI is InChI=1S/C12H17N3O2/c1-17-12(16)11(13)9-4-5-10(14-8-9)15-6-2-3-7-15/h4-5,8,11H,2-3,6-7,13H2,1H3. The molecule has 0 aromatic carbocycles. The Hall–Kier alpha value is -1.62. The molecular weight excluding hydrogens is 218 g/mol. The van der Waals surface area contributed by atoms with Crippen LogP contribution in [0.1, 0.15) is 24.4 Å². The third kappa shape index (κ3) is 2.55. The van der Waals surface area contributed by atoms with E-state index in [1.54, 1.807) is 6.20 Å². The molecule has 1 aromatic rings. The predicted octanol–water partition coefficient (Wildman–Crippen LogP) is 0.855. The lowest BCUT2D eigenvalue weighted by Gasteiger charge is -2.17. The SMILES string of the molecule is COC(=O)C(N)c1ccc(N2CCCC2)nc1. The zero-order valence-corrected chi connectivity index (χ0v) is 9.93. The van der Waals surface area contributed by atoms with Crippen LogP contribution < -0.4 is 10.6 Å². The van der Waals surface area contributed by atoms with E-state index in [4.69, 9.17) is 5.73 Å². The maximum absolute atomic E-state index is 11.3. The molecule has 1 fully saturated rings. The number of nitrogens with zero attached hydrogens (tertiary/aromatic N) is 2. The summed E-state index contributed by atoms with van der Waals surface area (Å²) in [6.45, 7) is 2.10. The van der Waals surface area contributed by atoms with Gasteiger partial charge in [-0.1, -0.05) is 6.07 Å². The van der Waals surface area contributed by atoms with E-state index in [-0.39, 0.29) is 0 Å². The maximum atomic E-state index is 11.3. The quantitative estimate of drug-likeness (QED) is 0.787. The third-order valence-corrected chi connectivity index (χ3v) is 3.02. The normalized spacial score (nSPS) is 16.9. The largest absolute Gasteiger partial charge is 0.468 e. The Labute approximate surface area is 101 Å². The number of methoxy groups -OCH3 is 1. The van der Waals surface area contributed by atoms with Crippen molar-refractivity contribution in [3.63, 3.8) is 0 Å². The van der Waals surface area contributed by atoms with Gasteiger partial charge in [-0.05, 0) is 24.5 Å². The van der Waals surface area contributed by atoms with Crippen molar-refractivity contribution < 1.29 is 9.53 Å². The van der Waals surface area contributed by atoms with Gasteiger partial charge in [-0.15, -0.1) is 0 Å². The molecule has 2 rings (SSSR count). The Morgan fingerprint density at radius 3 is 2.71 bits per heavy atom. The van der Waals surface area contributed by atoms with Crippen molar-refractivity contribution in [1.82, 2.24) is 4.98 Å². The highest BCUT2D eigenvalue weighted by Gasteiger charge is 2.18. The second kappa shape index (κ2) is 5.14. The van der Waals surface area contributed by atoms with E-state index in [1.165, 1.54) is 20.0 Å². The molecular formula is C12H17N3O2. The van der Waals surface area contributed by atoms with Crippen molar-refractivity contribution in [1.29, 1.82) is 0 Å². The van der Waals surface area contributed by atoms with Gasteiger partial charge >= 0.3 is 5.97 Å². The van der Waals surface area contributed by atoms with Crippen molar-refractivity contribution in [2.45, 2.75) is 18.9 Å². The van der Waals surface area contributed by atoms with Crippen LogP contribution in [0, 0.1) is 0 Å². The van der Waals surface area contributed by atoms with E-state index in [0.29, 0.717) is 5.56 Å². The summed E-state index contributed by atoms with van der Waals surface area (Å²) < 4.78 is 4.59. The van der Waals surface area contributed by atoms with Gasteiger partial charge in [-0.25, -0.2) is 4.98 Å². The first-order chi connectivity index (χ1) is 8.22. The highest BCUT2D eigenvalue weighted by atomic mass is 16.5. The van der Waals surface area contributed by atoms with E-state index in [0.717, 1.165) is 18.9 Å². The van der Waals surface area contributed by atoms with E-state index in [9.17, 15) is 4.79 Å². The average Bonchev–Trinajstić information content (AvgIpc) is 2.91. The van der Waals surface area contributed by atoms with Gasteiger partial charge in [-0.3, -0.25) is 4.79 Å². The fourth-order valence-electron chi connectivity index (χ4n) is 1.98. The smallest absolute Gasteiger partial charge is 0.327 e. The fourth-order valence-corrected chi connectivity index (χ4v) is 1.98. The number of nitrogens with two attached hydrogens (primary N) is 1. The van der Waals surface area contributed by atoms with Crippen molar-refractivity contribution in [3.05, 3.63) is 23.9 Å².